The molecule has 1 aliphatic rings. The Kier molecular flexibility index (Phi) is 5.34. The summed E-state index contributed by atoms with van der Waals surface area (Å²) >= 11 is 0. The van der Waals surface area contributed by atoms with Crippen LogP contribution in [0.1, 0.15) is 20.8 Å². The zero-order chi connectivity index (χ0) is 15.3. The van der Waals surface area contributed by atoms with Crippen molar-refractivity contribution in [1.29, 1.82) is 5.26 Å². The van der Waals surface area contributed by atoms with E-state index in [1.807, 2.05) is 0 Å². The highest BCUT2D eigenvalue weighted by molar-refractivity contribution is 5.72. The third kappa shape index (κ3) is 4.70. The lowest BCUT2D eigenvalue weighted by Gasteiger charge is -2.38. The van der Waals surface area contributed by atoms with E-state index in [1.165, 1.54) is 12.0 Å². The highest BCUT2D eigenvalue weighted by Gasteiger charge is 2.32. The fourth-order valence-electron chi connectivity index (χ4n) is 1.85. The van der Waals surface area contributed by atoms with Gasteiger partial charge in [0.15, 0.2) is 0 Å². The van der Waals surface area contributed by atoms with Gasteiger partial charge in [0.05, 0.1) is 26.3 Å². The molecule has 1 saturated heterocycles. The highest BCUT2D eigenvalue weighted by Crippen LogP contribution is 2.14. The first-order valence-electron chi connectivity index (χ1n) is 6.45. The van der Waals surface area contributed by atoms with Crippen molar-refractivity contribution >= 4 is 12.1 Å². The van der Waals surface area contributed by atoms with Crippen LogP contribution in [0.4, 0.5) is 4.79 Å². The summed E-state index contributed by atoms with van der Waals surface area (Å²) in [7, 11) is 1.31. The maximum absolute atomic E-state index is 11.9. The number of ether oxygens (including phenoxy) is 2. The summed E-state index contributed by atoms with van der Waals surface area (Å²) in [6.07, 6.45) is -0.435. The van der Waals surface area contributed by atoms with Crippen LogP contribution in [0.15, 0.2) is 0 Å². The molecule has 1 heterocycles. The van der Waals surface area contributed by atoms with Crippen molar-refractivity contribution < 1.29 is 19.1 Å². The minimum Gasteiger partial charge on any atom is -0.468 e. The lowest BCUT2D eigenvalue weighted by Crippen LogP contribution is -2.56. The maximum atomic E-state index is 11.9. The molecule has 0 N–H and O–H groups in total. The molecule has 0 aromatic rings. The maximum Gasteiger partial charge on any atom is 0.410 e. The van der Waals surface area contributed by atoms with Crippen molar-refractivity contribution in [3.05, 3.63) is 0 Å². The van der Waals surface area contributed by atoms with E-state index in [0.717, 1.165) is 0 Å². The van der Waals surface area contributed by atoms with Gasteiger partial charge in [0.1, 0.15) is 11.6 Å². The van der Waals surface area contributed by atoms with Gasteiger partial charge in [-0.1, -0.05) is 0 Å². The first kappa shape index (κ1) is 16.2. The molecule has 20 heavy (non-hydrogen) atoms. The van der Waals surface area contributed by atoms with Crippen LogP contribution in [-0.4, -0.2) is 66.8 Å². The van der Waals surface area contributed by atoms with Crippen LogP contribution in [0, 0.1) is 11.3 Å². The standard InChI is InChI=1S/C13H21N3O4/c1-13(2,3)20-12(18)16-6-5-15(9-11(17)19-4)10(7-14)8-16/h10H,5-6,8-9H2,1-4H3. The van der Waals surface area contributed by atoms with E-state index in [-0.39, 0.29) is 13.1 Å². The molecule has 7 nitrogen and oxygen atoms in total. The van der Waals surface area contributed by atoms with Gasteiger partial charge in [-0.2, -0.15) is 5.26 Å². The molecule has 1 unspecified atom stereocenters. The van der Waals surface area contributed by atoms with Crippen molar-refractivity contribution in [1.82, 2.24) is 9.80 Å². The molecular weight excluding hydrogens is 262 g/mol. The Morgan fingerprint density at radius 1 is 1.35 bits per heavy atom. The Labute approximate surface area is 119 Å². The van der Waals surface area contributed by atoms with Gasteiger partial charge in [-0.3, -0.25) is 9.69 Å². The number of nitrogens with zero attached hydrogens (tertiary/aromatic N) is 3. The van der Waals surface area contributed by atoms with Gasteiger partial charge in [-0.25, -0.2) is 4.79 Å². The van der Waals surface area contributed by atoms with Crippen LogP contribution in [0.25, 0.3) is 0 Å². The molecule has 7 heteroatoms. The fraction of sp³-hybridized carbons (Fsp3) is 0.769. The molecular formula is C13H21N3O4. The number of esters is 1. The van der Waals surface area contributed by atoms with E-state index in [4.69, 9.17) is 10.00 Å². The molecule has 1 fully saturated rings. The molecule has 0 saturated carbocycles. The zero-order valence-electron chi connectivity index (χ0n) is 12.4. The van der Waals surface area contributed by atoms with E-state index in [1.54, 1.807) is 25.7 Å². The number of hydrogen-bond acceptors (Lipinski definition) is 6. The van der Waals surface area contributed by atoms with Crippen molar-refractivity contribution in [3.8, 4) is 6.07 Å². The minimum atomic E-state index is -0.567. The average Bonchev–Trinajstić information content (AvgIpc) is 2.36. The largest absolute Gasteiger partial charge is 0.468 e. The Hall–Kier alpha value is -1.81. The summed E-state index contributed by atoms with van der Waals surface area (Å²) in [4.78, 5) is 26.4. The summed E-state index contributed by atoms with van der Waals surface area (Å²) in [6, 6.07) is 1.57. The van der Waals surface area contributed by atoms with E-state index in [9.17, 15) is 9.59 Å². The lowest BCUT2D eigenvalue weighted by atomic mass is 10.2. The SMILES string of the molecule is COC(=O)CN1CCN(C(=O)OC(C)(C)C)CC1C#N. The van der Waals surface area contributed by atoms with Crippen molar-refractivity contribution in [2.45, 2.75) is 32.4 Å². The van der Waals surface area contributed by atoms with Crippen LogP contribution in [0.2, 0.25) is 0 Å². The summed E-state index contributed by atoms with van der Waals surface area (Å²) in [6.45, 7) is 6.51. The summed E-state index contributed by atoms with van der Waals surface area (Å²) in [5, 5.41) is 9.16. The first-order valence-corrected chi connectivity index (χ1v) is 6.45. The molecule has 0 radical (unpaired) electrons. The molecule has 0 spiro atoms. The van der Waals surface area contributed by atoms with Gasteiger partial charge in [0.2, 0.25) is 0 Å². The van der Waals surface area contributed by atoms with Crippen LogP contribution in [-0.2, 0) is 14.3 Å². The predicted octanol–water partition coefficient (Wildman–Crippen LogP) is 0.604. The van der Waals surface area contributed by atoms with Gasteiger partial charge in [0.25, 0.3) is 0 Å². The fourth-order valence-corrected chi connectivity index (χ4v) is 1.85. The lowest BCUT2D eigenvalue weighted by molar-refractivity contribution is -0.142. The quantitative estimate of drug-likeness (QED) is 0.690. The van der Waals surface area contributed by atoms with E-state index < -0.39 is 23.7 Å². The highest BCUT2D eigenvalue weighted by atomic mass is 16.6. The monoisotopic (exact) mass is 283 g/mol. The van der Waals surface area contributed by atoms with Crippen LogP contribution >= 0.6 is 0 Å². The number of carbonyl (C=O) groups is 2. The molecule has 0 aromatic carbocycles. The summed E-state index contributed by atoms with van der Waals surface area (Å²) < 4.78 is 9.87. The number of amides is 1. The van der Waals surface area contributed by atoms with E-state index in [0.29, 0.717) is 13.1 Å². The third-order valence-electron chi connectivity index (χ3n) is 2.85. The first-order chi connectivity index (χ1) is 9.26. The molecule has 1 atom stereocenters. The van der Waals surface area contributed by atoms with Crippen molar-refractivity contribution in [3.63, 3.8) is 0 Å². The number of carbonyl (C=O) groups excluding carboxylic acids is 2. The third-order valence-corrected chi connectivity index (χ3v) is 2.85. The van der Waals surface area contributed by atoms with Gasteiger partial charge in [-0.05, 0) is 20.8 Å². The second-order valence-corrected chi connectivity index (χ2v) is 5.62. The molecule has 1 aliphatic heterocycles. The Bertz CT molecular complexity index is 411. The van der Waals surface area contributed by atoms with E-state index in [2.05, 4.69) is 10.8 Å². The van der Waals surface area contributed by atoms with Crippen molar-refractivity contribution in [2.75, 3.05) is 33.3 Å². The van der Waals surface area contributed by atoms with E-state index >= 15 is 0 Å². The zero-order valence-corrected chi connectivity index (χ0v) is 12.4. The van der Waals surface area contributed by atoms with Crippen LogP contribution < -0.4 is 0 Å². The van der Waals surface area contributed by atoms with Gasteiger partial charge < -0.3 is 14.4 Å². The Morgan fingerprint density at radius 3 is 2.50 bits per heavy atom. The predicted molar refractivity (Wildman–Crippen MR) is 70.8 cm³/mol. The number of nitriles is 1. The molecule has 0 bridgehead atoms. The number of piperazine rings is 1. The van der Waals surface area contributed by atoms with Crippen LogP contribution in [0.5, 0.6) is 0 Å². The molecule has 1 amide bonds. The topological polar surface area (TPSA) is 82.9 Å². The Balaban J connectivity index is 2.61. The molecule has 112 valence electrons. The number of methoxy groups -OCH3 is 1. The Morgan fingerprint density at radius 2 is 2.00 bits per heavy atom. The summed E-state index contributed by atoms with van der Waals surface area (Å²) in [5.41, 5.74) is -0.567. The second-order valence-electron chi connectivity index (χ2n) is 5.62. The number of hydrogen-bond donors (Lipinski definition) is 0. The molecule has 0 aliphatic carbocycles. The molecule has 0 aromatic heterocycles. The number of rotatable bonds is 2. The smallest absolute Gasteiger partial charge is 0.410 e. The second kappa shape index (κ2) is 6.57. The van der Waals surface area contributed by atoms with Gasteiger partial charge in [0, 0.05) is 13.1 Å². The van der Waals surface area contributed by atoms with Gasteiger partial charge >= 0.3 is 12.1 Å². The normalized spacial score (nSPS) is 20.1. The van der Waals surface area contributed by atoms with Crippen molar-refractivity contribution in [2.24, 2.45) is 0 Å². The molecule has 1 rings (SSSR count). The van der Waals surface area contributed by atoms with Crippen LogP contribution in [0.3, 0.4) is 0 Å². The van der Waals surface area contributed by atoms with Gasteiger partial charge in [-0.15, -0.1) is 0 Å². The minimum absolute atomic E-state index is 0.0525. The average molecular weight is 283 g/mol. The summed E-state index contributed by atoms with van der Waals surface area (Å²) in [5.74, 6) is -0.393.